The maximum absolute atomic E-state index is 13.3. The summed E-state index contributed by atoms with van der Waals surface area (Å²) in [4.78, 5) is 26.5. The van der Waals surface area contributed by atoms with E-state index in [1.165, 1.54) is 60.7 Å². The largest absolute Gasteiger partial charge is 0.508 e. The van der Waals surface area contributed by atoms with Crippen LogP contribution in [0.4, 0.5) is 0 Å². The molecule has 0 unspecified atom stereocenters. The lowest BCUT2D eigenvalue weighted by Crippen LogP contribution is -2.15. The maximum Gasteiger partial charge on any atom is 0.343 e. The third kappa shape index (κ3) is 5.81. The Bertz CT molecular complexity index is 1700. The Morgan fingerprint density at radius 3 is 1.46 bits per heavy atom. The number of hydrogen-bond donors (Lipinski definition) is 4. The van der Waals surface area contributed by atoms with Gasteiger partial charge in [-0.05, 0) is 53.1 Å². The van der Waals surface area contributed by atoms with E-state index < -0.39 is 23.4 Å². The van der Waals surface area contributed by atoms with E-state index in [0.717, 1.165) is 0 Å². The van der Waals surface area contributed by atoms with E-state index in [0.29, 0.717) is 5.56 Å². The number of ether oxygens (including phenoxy) is 2. The summed E-state index contributed by atoms with van der Waals surface area (Å²) in [6.45, 7) is 0. The Labute approximate surface area is 234 Å². The van der Waals surface area contributed by atoms with Crippen LogP contribution in [0.25, 0.3) is 22.3 Å². The molecule has 0 atom stereocenters. The minimum atomic E-state index is -0.812. The van der Waals surface area contributed by atoms with Crippen LogP contribution in [0.5, 0.6) is 34.5 Å². The molecular formula is C33H24O8. The van der Waals surface area contributed by atoms with E-state index in [9.17, 15) is 30.0 Å². The molecule has 0 spiro atoms. The van der Waals surface area contributed by atoms with Crippen molar-refractivity contribution in [3.8, 4) is 56.8 Å². The van der Waals surface area contributed by atoms with Gasteiger partial charge in [-0.1, -0.05) is 72.8 Å². The van der Waals surface area contributed by atoms with Gasteiger partial charge in [-0.25, -0.2) is 4.79 Å². The highest BCUT2D eigenvalue weighted by Crippen LogP contribution is 2.56. The Morgan fingerprint density at radius 2 is 0.976 bits per heavy atom. The molecule has 5 rings (SSSR count). The monoisotopic (exact) mass is 548 g/mol. The highest BCUT2D eigenvalue weighted by atomic mass is 16.6. The van der Waals surface area contributed by atoms with Crippen molar-refractivity contribution in [3.05, 3.63) is 120 Å². The van der Waals surface area contributed by atoms with E-state index in [2.05, 4.69) is 0 Å². The first-order chi connectivity index (χ1) is 19.8. The second-order valence-corrected chi connectivity index (χ2v) is 9.09. The summed E-state index contributed by atoms with van der Waals surface area (Å²) >= 11 is 0. The lowest BCUT2D eigenvalue weighted by molar-refractivity contribution is -0.133. The van der Waals surface area contributed by atoms with Gasteiger partial charge < -0.3 is 29.9 Å². The summed E-state index contributed by atoms with van der Waals surface area (Å²) in [5.74, 6) is -3.61. The molecule has 5 aromatic rings. The van der Waals surface area contributed by atoms with Gasteiger partial charge in [0.1, 0.15) is 11.5 Å². The van der Waals surface area contributed by atoms with Gasteiger partial charge in [0.2, 0.25) is 0 Å². The van der Waals surface area contributed by atoms with Crippen molar-refractivity contribution in [2.45, 2.75) is 6.42 Å². The second-order valence-electron chi connectivity index (χ2n) is 9.09. The van der Waals surface area contributed by atoms with Gasteiger partial charge in [-0.15, -0.1) is 0 Å². The van der Waals surface area contributed by atoms with Crippen LogP contribution < -0.4 is 9.47 Å². The molecule has 0 radical (unpaired) electrons. The van der Waals surface area contributed by atoms with E-state index in [1.807, 2.05) is 0 Å². The first kappa shape index (κ1) is 26.8. The number of esters is 2. The first-order valence-corrected chi connectivity index (χ1v) is 12.5. The zero-order chi connectivity index (χ0) is 28.9. The van der Waals surface area contributed by atoms with Gasteiger partial charge in [-0.3, -0.25) is 4.79 Å². The molecule has 0 fully saturated rings. The fraction of sp³-hybridized carbons (Fsp3) is 0.0303. The summed E-state index contributed by atoms with van der Waals surface area (Å²) in [7, 11) is 0. The summed E-state index contributed by atoms with van der Waals surface area (Å²) in [5, 5.41) is 42.2. The molecule has 0 aliphatic rings. The van der Waals surface area contributed by atoms with Crippen LogP contribution in [0.3, 0.4) is 0 Å². The Balaban J connectivity index is 1.75. The number of carbonyl (C=O) groups is 2. The van der Waals surface area contributed by atoms with E-state index in [-0.39, 0.29) is 57.2 Å². The Hall–Kier alpha value is -5.76. The number of carbonyl (C=O) groups excluding carboxylic acids is 2. The third-order valence-electron chi connectivity index (χ3n) is 6.28. The number of phenols is 4. The predicted octanol–water partition coefficient (Wildman–Crippen LogP) is 6.21. The first-order valence-electron chi connectivity index (χ1n) is 12.5. The maximum atomic E-state index is 13.3. The predicted molar refractivity (Wildman–Crippen MR) is 151 cm³/mol. The SMILES string of the molecule is O=C(Cc1ccccc1)Oc1c(OC(=O)c2ccccc2)c(-c2ccc(O)cc2)c(O)c(O)c1-c1ccc(O)cc1. The zero-order valence-corrected chi connectivity index (χ0v) is 21.5. The average molecular weight is 549 g/mol. The smallest absolute Gasteiger partial charge is 0.343 e. The molecule has 8 heteroatoms. The van der Waals surface area contributed by atoms with Gasteiger partial charge in [0.05, 0.1) is 23.1 Å². The zero-order valence-electron chi connectivity index (χ0n) is 21.5. The van der Waals surface area contributed by atoms with Crippen LogP contribution in [0.2, 0.25) is 0 Å². The molecular weight excluding hydrogens is 524 g/mol. The lowest BCUT2D eigenvalue weighted by Gasteiger charge is -2.21. The van der Waals surface area contributed by atoms with Crippen LogP contribution in [0, 0.1) is 0 Å². The molecule has 4 N–H and O–H groups in total. The summed E-state index contributed by atoms with van der Waals surface area (Å²) < 4.78 is 11.6. The highest BCUT2D eigenvalue weighted by molar-refractivity contribution is 5.98. The van der Waals surface area contributed by atoms with Crippen LogP contribution in [-0.2, 0) is 11.2 Å². The van der Waals surface area contributed by atoms with Gasteiger partial charge >= 0.3 is 11.9 Å². The van der Waals surface area contributed by atoms with Crippen LogP contribution in [0.1, 0.15) is 15.9 Å². The minimum absolute atomic E-state index is 0.0588. The summed E-state index contributed by atoms with van der Waals surface area (Å²) in [6.07, 6.45) is -0.141. The number of rotatable bonds is 7. The van der Waals surface area contributed by atoms with E-state index in [4.69, 9.17) is 9.47 Å². The van der Waals surface area contributed by atoms with Crippen molar-refractivity contribution in [1.82, 2.24) is 0 Å². The van der Waals surface area contributed by atoms with Crippen LogP contribution >= 0.6 is 0 Å². The van der Waals surface area contributed by atoms with E-state index in [1.54, 1.807) is 48.5 Å². The van der Waals surface area contributed by atoms with Crippen LogP contribution in [-0.4, -0.2) is 32.4 Å². The molecule has 204 valence electrons. The molecule has 0 saturated heterocycles. The molecule has 0 aliphatic heterocycles. The normalized spacial score (nSPS) is 10.6. The van der Waals surface area contributed by atoms with Crippen molar-refractivity contribution < 1.29 is 39.5 Å². The number of phenolic OH excluding ortho intramolecular Hbond substituents is 4. The van der Waals surface area contributed by atoms with Crippen molar-refractivity contribution in [2.75, 3.05) is 0 Å². The lowest BCUT2D eigenvalue weighted by atomic mass is 9.95. The molecule has 0 amide bonds. The fourth-order valence-electron chi connectivity index (χ4n) is 4.30. The molecule has 0 heterocycles. The van der Waals surface area contributed by atoms with Crippen molar-refractivity contribution in [2.24, 2.45) is 0 Å². The van der Waals surface area contributed by atoms with Gasteiger partial charge in [0, 0.05) is 0 Å². The molecule has 5 aromatic carbocycles. The standard InChI is InChI=1S/C33H24O8/c34-24-15-11-21(12-16-24)27-29(37)30(38)28(22-13-17-25(35)18-14-22)32(41-33(39)23-9-5-2-6-10-23)31(27)40-26(36)19-20-7-3-1-4-8-20/h1-18,34-35,37-38H,19H2. The van der Waals surface area contributed by atoms with E-state index >= 15 is 0 Å². The third-order valence-corrected chi connectivity index (χ3v) is 6.28. The molecule has 0 bridgehead atoms. The molecule has 0 aromatic heterocycles. The van der Waals surface area contributed by atoms with Crippen molar-refractivity contribution in [1.29, 1.82) is 0 Å². The highest BCUT2D eigenvalue weighted by Gasteiger charge is 2.31. The topological polar surface area (TPSA) is 134 Å². The van der Waals surface area contributed by atoms with Crippen molar-refractivity contribution >= 4 is 11.9 Å². The Kier molecular flexibility index (Phi) is 7.56. The minimum Gasteiger partial charge on any atom is -0.508 e. The number of aromatic hydroxyl groups is 4. The van der Waals surface area contributed by atoms with Crippen molar-refractivity contribution in [3.63, 3.8) is 0 Å². The summed E-state index contributed by atoms with van der Waals surface area (Å²) in [6, 6.07) is 28.1. The number of benzene rings is 5. The molecule has 0 saturated carbocycles. The quantitative estimate of drug-likeness (QED) is 0.107. The average Bonchev–Trinajstić information content (AvgIpc) is 2.98. The molecule has 41 heavy (non-hydrogen) atoms. The van der Waals surface area contributed by atoms with Gasteiger partial charge in [0.15, 0.2) is 23.0 Å². The molecule has 8 nitrogen and oxygen atoms in total. The second kappa shape index (κ2) is 11.5. The Morgan fingerprint density at radius 1 is 0.537 bits per heavy atom. The number of hydrogen-bond acceptors (Lipinski definition) is 8. The molecule has 0 aliphatic carbocycles. The van der Waals surface area contributed by atoms with Crippen LogP contribution in [0.15, 0.2) is 109 Å². The van der Waals surface area contributed by atoms with Gasteiger partial charge in [0.25, 0.3) is 0 Å². The summed E-state index contributed by atoms with van der Waals surface area (Å²) in [5.41, 5.74) is 1.08. The van der Waals surface area contributed by atoms with Gasteiger partial charge in [-0.2, -0.15) is 0 Å². The fourth-order valence-corrected chi connectivity index (χ4v) is 4.30.